The van der Waals surface area contributed by atoms with Gasteiger partial charge in [-0.2, -0.15) is 5.26 Å². The fourth-order valence-electron chi connectivity index (χ4n) is 3.99. The summed E-state index contributed by atoms with van der Waals surface area (Å²) < 4.78 is 6.88. The SMILES string of the molecule is N#Cc1ccc2c(C(=O)N[C@H]3C(O)O[C@H](CO)[C@@H](O)[C@@H]3O)cn(Cc3ccc(Cl)c(Cl)c3)c2c1. The molecule has 178 valence electrons. The molecule has 1 saturated heterocycles. The molecule has 34 heavy (non-hydrogen) atoms. The number of nitrogens with one attached hydrogen (secondary N) is 1. The maximum atomic E-state index is 13.2. The van der Waals surface area contributed by atoms with Crippen LogP contribution in [0, 0.1) is 11.3 Å². The minimum Gasteiger partial charge on any atom is -0.394 e. The first-order chi connectivity index (χ1) is 16.2. The summed E-state index contributed by atoms with van der Waals surface area (Å²) in [4.78, 5) is 13.2. The second kappa shape index (κ2) is 9.90. The van der Waals surface area contributed by atoms with Crippen molar-refractivity contribution in [2.75, 3.05) is 6.61 Å². The lowest BCUT2D eigenvalue weighted by molar-refractivity contribution is -0.252. The summed E-state index contributed by atoms with van der Waals surface area (Å²) in [5.41, 5.74) is 2.04. The van der Waals surface area contributed by atoms with Gasteiger partial charge in [-0.1, -0.05) is 35.3 Å². The van der Waals surface area contributed by atoms with E-state index in [0.717, 1.165) is 5.56 Å². The fraction of sp³-hybridized carbons (Fsp3) is 0.304. The second-order valence-electron chi connectivity index (χ2n) is 7.99. The van der Waals surface area contributed by atoms with E-state index >= 15 is 0 Å². The van der Waals surface area contributed by atoms with E-state index < -0.39 is 43.2 Å². The van der Waals surface area contributed by atoms with Gasteiger partial charge in [-0.25, -0.2) is 0 Å². The molecule has 1 aliphatic rings. The van der Waals surface area contributed by atoms with E-state index in [1.807, 2.05) is 0 Å². The Hall–Kier alpha value is -2.68. The lowest BCUT2D eigenvalue weighted by Crippen LogP contribution is -2.64. The molecule has 1 aromatic heterocycles. The average molecular weight is 506 g/mol. The lowest BCUT2D eigenvalue weighted by atomic mass is 9.96. The molecule has 3 aromatic rings. The van der Waals surface area contributed by atoms with E-state index in [4.69, 9.17) is 27.9 Å². The minimum absolute atomic E-state index is 0.220. The van der Waals surface area contributed by atoms with Gasteiger partial charge in [-0.05, 0) is 29.8 Å². The Morgan fingerprint density at radius 2 is 1.88 bits per heavy atom. The number of rotatable bonds is 5. The van der Waals surface area contributed by atoms with Crippen molar-refractivity contribution >= 4 is 40.0 Å². The standard InChI is InChI=1S/C23H21Cl2N3O6/c24-15-4-2-12(5-16(15)25)8-28-9-14(13-3-1-11(7-26)6-17(13)28)22(32)27-19-21(31)20(30)18(10-29)34-23(19)33/h1-6,9,18-21,23,29-31,33H,8,10H2,(H,27,32)/t18-,19-,20-,21-,23?/m1/s1. The van der Waals surface area contributed by atoms with Gasteiger partial charge in [-0.3, -0.25) is 4.79 Å². The van der Waals surface area contributed by atoms with Crippen molar-refractivity contribution in [1.29, 1.82) is 5.26 Å². The number of aliphatic hydroxyl groups is 4. The maximum Gasteiger partial charge on any atom is 0.253 e. The van der Waals surface area contributed by atoms with Crippen molar-refractivity contribution < 1.29 is 30.0 Å². The smallest absolute Gasteiger partial charge is 0.253 e. The molecule has 0 bridgehead atoms. The van der Waals surface area contributed by atoms with Crippen LogP contribution in [0.1, 0.15) is 21.5 Å². The van der Waals surface area contributed by atoms with Crippen LogP contribution in [0.2, 0.25) is 10.0 Å². The molecule has 0 saturated carbocycles. The van der Waals surface area contributed by atoms with E-state index in [0.29, 0.717) is 33.1 Å². The Labute approximate surface area is 204 Å². The van der Waals surface area contributed by atoms with E-state index in [-0.39, 0.29) is 5.56 Å². The molecule has 11 heteroatoms. The lowest BCUT2D eigenvalue weighted by Gasteiger charge is -2.40. The van der Waals surface area contributed by atoms with Crippen LogP contribution in [0.3, 0.4) is 0 Å². The van der Waals surface area contributed by atoms with E-state index in [9.17, 15) is 30.5 Å². The Morgan fingerprint density at radius 1 is 1.12 bits per heavy atom. The van der Waals surface area contributed by atoms with Crippen molar-refractivity contribution in [3.63, 3.8) is 0 Å². The van der Waals surface area contributed by atoms with Crippen molar-refractivity contribution in [3.05, 3.63) is 69.3 Å². The number of hydrogen-bond donors (Lipinski definition) is 5. The highest BCUT2D eigenvalue weighted by molar-refractivity contribution is 6.42. The van der Waals surface area contributed by atoms with Gasteiger partial charge in [0.25, 0.3) is 5.91 Å². The molecule has 1 amide bonds. The summed E-state index contributed by atoms with van der Waals surface area (Å²) >= 11 is 12.1. The number of amides is 1. The van der Waals surface area contributed by atoms with E-state index in [1.165, 1.54) is 0 Å². The third kappa shape index (κ3) is 4.62. The number of ether oxygens (including phenoxy) is 1. The van der Waals surface area contributed by atoms with Crippen LogP contribution in [-0.4, -0.2) is 68.2 Å². The summed E-state index contributed by atoms with van der Waals surface area (Å²) in [6, 6.07) is 10.7. The van der Waals surface area contributed by atoms with Crippen molar-refractivity contribution in [2.45, 2.75) is 37.2 Å². The molecule has 5 N–H and O–H groups in total. The van der Waals surface area contributed by atoms with Crippen molar-refractivity contribution in [1.82, 2.24) is 9.88 Å². The third-order valence-corrected chi connectivity index (χ3v) is 6.53. The van der Waals surface area contributed by atoms with E-state index in [2.05, 4.69) is 11.4 Å². The van der Waals surface area contributed by atoms with Gasteiger partial charge in [0.05, 0.1) is 39.4 Å². The van der Waals surface area contributed by atoms with Crippen LogP contribution in [0.5, 0.6) is 0 Å². The molecule has 0 spiro atoms. The fourth-order valence-corrected chi connectivity index (χ4v) is 4.31. The minimum atomic E-state index is -1.64. The molecule has 2 aromatic carbocycles. The summed E-state index contributed by atoms with van der Waals surface area (Å²) in [7, 11) is 0. The molecule has 1 fully saturated rings. The van der Waals surface area contributed by atoms with Gasteiger partial charge >= 0.3 is 0 Å². The van der Waals surface area contributed by atoms with Gasteiger partial charge in [0.15, 0.2) is 6.29 Å². The number of aliphatic hydroxyl groups excluding tert-OH is 4. The highest BCUT2D eigenvalue weighted by Crippen LogP contribution is 2.27. The van der Waals surface area contributed by atoms with Gasteiger partial charge < -0.3 is 35.0 Å². The summed E-state index contributed by atoms with van der Waals surface area (Å²) in [5, 5.41) is 53.0. The molecule has 9 nitrogen and oxygen atoms in total. The molecule has 4 rings (SSSR count). The first kappa shape index (κ1) is 24.4. The van der Waals surface area contributed by atoms with Gasteiger partial charge in [0, 0.05) is 18.1 Å². The van der Waals surface area contributed by atoms with Crippen molar-refractivity contribution in [2.24, 2.45) is 0 Å². The monoisotopic (exact) mass is 505 g/mol. The number of carbonyl (C=O) groups excluding carboxylic acids is 1. The number of nitrogens with zero attached hydrogens (tertiary/aromatic N) is 2. The largest absolute Gasteiger partial charge is 0.394 e. The number of aromatic nitrogens is 1. The Kier molecular flexibility index (Phi) is 7.12. The zero-order valence-corrected chi connectivity index (χ0v) is 19.1. The number of halogens is 2. The molecule has 1 aliphatic heterocycles. The quantitative estimate of drug-likeness (QED) is 0.351. The predicted molar refractivity (Wildman–Crippen MR) is 123 cm³/mol. The van der Waals surface area contributed by atoms with Crippen LogP contribution in [0.15, 0.2) is 42.6 Å². The predicted octanol–water partition coefficient (Wildman–Crippen LogP) is 1.40. The zero-order chi connectivity index (χ0) is 24.6. The highest BCUT2D eigenvalue weighted by atomic mass is 35.5. The van der Waals surface area contributed by atoms with Crippen LogP contribution >= 0.6 is 23.2 Å². The third-order valence-electron chi connectivity index (χ3n) is 5.79. The van der Waals surface area contributed by atoms with Crippen LogP contribution in [0.25, 0.3) is 10.9 Å². The maximum absolute atomic E-state index is 13.2. The highest BCUT2D eigenvalue weighted by Gasteiger charge is 2.44. The van der Waals surface area contributed by atoms with E-state index in [1.54, 1.807) is 47.2 Å². The number of benzene rings is 2. The van der Waals surface area contributed by atoms with Crippen LogP contribution < -0.4 is 5.32 Å². The van der Waals surface area contributed by atoms with Crippen molar-refractivity contribution in [3.8, 4) is 6.07 Å². The Morgan fingerprint density at radius 3 is 2.56 bits per heavy atom. The second-order valence-corrected chi connectivity index (χ2v) is 8.81. The normalized spacial score (nSPS) is 24.7. The number of fused-ring (bicyclic) bond motifs is 1. The first-order valence-corrected chi connectivity index (χ1v) is 11.1. The number of carbonyl (C=O) groups is 1. The average Bonchev–Trinajstić information content (AvgIpc) is 3.18. The first-order valence-electron chi connectivity index (χ1n) is 10.3. The molecular weight excluding hydrogens is 485 g/mol. The molecule has 5 atom stereocenters. The summed E-state index contributed by atoms with van der Waals surface area (Å²) in [5.74, 6) is -0.635. The van der Waals surface area contributed by atoms with Gasteiger partial charge in [0.2, 0.25) is 0 Å². The topological polar surface area (TPSA) is 148 Å². The number of hydrogen-bond acceptors (Lipinski definition) is 7. The van der Waals surface area contributed by atoms with Gasteiger partial charge in [-0.15, -0.1) is 0 Å². The molecular formula is C23H21Cl2N3O6. The Bertz CT molecular complexity index is 1270. The molecule has 1 unspecified atom stereocenters. The van der Waals surface area contributed by atoms with Crippen LogP contribution in [-0.2, 0) is 11.3 Å². The molecule has 0 aliphatic carbocycles. The summed E-state index contributed by atoms with van der Waals surface area (Å²) in [6.45, 7) is -0.288. The summed E-state index contributed by atoms with van der Waals surface area (Å²) in [6.07, 6.45) is -4.32. The number of nitriles is 1. The zero-order valence-electron chi connectivity index (χ0n) is 17.6. The van der Waals surface area contributed by atoms with Gasteiger partial charge in [0.1, 0.15) is 24.4 Å². The molecule has 0 radical (unpaired) electrons. The molecule has 2 heterocycles. The van der Waals surface area contributed by atoms with Crippen LogP contribution in [0.4, 0.5) is 0 Å². The Balaban J connectivity index is 1.67.